The molecule has 9 heteroatoms. The molecule has 0 unspecified atom stereocenters. The monoisotopic (exact) mass is 360 g/mol. The Labute approximate surface area is 125 Å². The highest BCUT2D eigenvalue weighted by molar-refractivity contribution is 9.10. The van der Waals surface area contributed by atoms with Crippen molar-refractivity contribution in [2.45, 2.75) is 6.18 Å². The Bertz CT molecular complexity index is 690. The van der Waals surface area contributed by atoms with Gasteiger partial charge in [0.25, 0.3) is 5.91 Å². The molecule has 1 heterocycles. The fraction of sp³-hybridized carbons (Fsp3) is 0.0833. The molecule has 0 aliphatic carbocycles. The standard InChI is InChI=1S/C12H8BrF3N4O/c13-8-2-1-6(3-7(8)12(14,15)16)19-11(21)9-4-18-5-10(17)20-9/h1-5H,(H2,17,20)(H,19,21). The van der Waals surface area contributed by atoms with Crippen molar-refractivity contribution in [1.82, 2.24) is 9.97 Å². The number of benzene rings is 1. The van der Waals surface area contributed by atoms with Gasteiger partial charge in [0, 0.05) is 10.2 Å². The van der Waals surface area contributed by atoms with Gasteiger partial charge in [0.15, 0.2) is 0 Å². The van der Waals surface area contributed by atoms with Crippen LogP contribution in [0.5, 0.6) is 0 Å². The number of amides is 1. The van der Waals surface area contributed by atoms with Gasteiger partial charge in [0.2, 0.25) is 0 Å². The number of carbonyl (C=O) groups excluding carboxylic acids is 1. The molecule has 5 nitrogen and oxygen atoms in total. The number of carbonyl (C=O) groups is 1. The van der Waals surface area contributed by atoms with Gasteiger partial charge in [-0.3, -0.25) is 9.78 Å². The van der Waals surface area contributed by atoms with Crippen LogP contribution in [0, 0.1) is 0 Å². The topological polar surface area (TPSA) is 80.9 Å². The van der Waals surface area contributed by atoms with Gasteiger partial charge in [0.1, 0.15) is 11.5 Å². The van der Waals surface area contributed by atoms with Crippen LogP contribution >= 0.6 is 15.9 Å². The largest absolute Gasteiger partial charge is 0.417 e. The first kappa shape index (κ1) is 15.2. The normalized spacial score (nSPS) is 11.2. The van der Waals surface area contributed by atoms with Crippen molar-refractivity contribution in [3.63, 3.8) is 0 Å². The van der Waals surface area contributed by atoms with Crippen LogP contribution in [-0.2, 0) is 6.18 Å². The van der Waals surface area contributed by atoms with E-state index in [9.17, 15) is 18.0 Å². The van der Waals surface area contributed by atoms with E-state index in [0.29, 0.717) is 0 Å². The van der Waals surface area contributed by atoms with Crippen LogP contribution in [0.1, 0.15) is 16.1 Å². The number of aromatic nitrogens is 2. The Morgan fingerprint density at radius 1 is 1.29 bits per heavy atom. The zero-order valence-corrected chi connectivity index (χ0v) is 11.9. The summed E-state index contributed by atoms with van der Waals surface area (Å²) in [6, 6.07) is 3.35. The second-order valence-electron chi connectivity index (χ2n) is 3.98. The molecule has 0 fully saturated rings. The molecule has 1 amide bonds. The molecule has 3 N–H and O–H groups in total. The average molecular weight is 361 g/mol. The predicted molar refractivity (Wildman–Crippen MR) is 73.5 cm³/mol. The molecule has 0 radical (unpaired) electrons. The first-order valence-corrected chi connectivity index (χ1v) is 6.32. The van der Waals surface area contributed by atoms with E-state index in [0.717, 1.165) is 12.3 Å². The summed E-state index contributed by atoms with van der Waals surface area (Å²) in [5.74, 6) is -0.667. The van der Waals surface area contributed by atoms with Crippen molar-refractivity contribution >= 4 is 33.3 Å². The molecular formula is C12H8BrF3N4O. The number of hydrogen-bond donors (Lipinski definition) is 2. The maximum absolute atomic E-state index is 12.8. The van der Waals surface area contributed by atoms with Crippen LogP contribution in [0.15, 0.2) is 35.1 Å². The van der Waals surface area contributed by atoms with E-state index in [1.165, 1.54) is 18.3 Å². The molecule has 0 spiro atoms. The molecule has 0 saturated heterocycles. The SMILES string of the molecule is Nc1cncc(C(=O)Nc2ccc(Br)c(C(F)(F)F)c2)n1. The van der Waals surface area contributed by atoms with Crippen LogP contribution in [-0.4, -0.2) is 15.9 Å². The predicted octanol–water partition coefficient (Wildman–Crippen LogP) is 3.09. The number of halogens is 4. The van der Waals surface area contributed by atoms with Gasteiger partial charge in [0.05, 0.1) is 18.0 Å². The molecular weight excluding hydrogens is 353 g/mol. The molecule has 1 aromatic heterocycles. The number of nitrogens with zero attached hydrogens (tertiary/aromatic N) is 2. The molecule has 21 heavy (non-hydrogen) atoms. The lowest BCUT2D eigenvalue weighted by atomic mass is 10.2. The van der Waals surface area contributed by atoms with Crippen molar-refractivity contribution in [1.29, 1.82) is 0 Å². The Morgan fingerprint density at radius 2 is 2.00 bits per heavy atom. The molecule has 0 aliphatic heterocycles. The number of hydrogen-bond acceptors (Lipinski definition) is 4. The van der Waals surface area contributed by atoms with Gasteiger partial charge in [-0.25, -0.2) is 4.98 Å². The molecule has 0 aliphatic rings. The second kappa shape index (κ2) is 5.68. The summed E-state index contributed by atoms with van der Waals surface area (Å²) in [5, 5.41) is 2.31. The van der Waals surface area contributed by atoms with E-state index >= 15 is 0 Å². The highest BCUT2D eigenvalue weighted by Gasteiger charge is 2.33. The summed E-state index contributed by atoms with van der Waals surface area (Å²) in [6.45, 7) is 0. The van der Waals surface area contributed by atoms with Crippen LogP contribution in [0.3, 0.4) is 0 Å². The number of nitrogen functional groups attached to an aromatic ring is 1. The van der Waals surface area contributed by atoms with Crippen molar-refractivity contribution in [2.24, 2.45) is 0 Å². The molecule has 0 atom stereocenters. The maximum Gasteiger partial charge on any atom is 0.417 e. The smallest absolute Gasteiger partial charge is 0.382 e. The summed E-state index contributed by atoms with van der Waals surface area (Å²) >= 11 is 2.82. The zero-order valence-electron chi connectivity index (χ0n) is 10.3. The second-order valence-corrected chi connectivity index (χ2v) is 4.83. The van der Waals surface area contributed by atoms with Crippen LogP contribution in [0.2, 0.25) is 0 Å². The Morgan fingerprint density at radius 3 is 2.62 bits per heavy atom. The third kappa shape index (κ3) is 3.69. The van der Waals surface area contributed by atoms with E-state index in [-0.39, 0.29) is 21.7 Å². The van der Waals surface area contributed by atoms with Gasteiger partial charge in [-0.2, -0.15) is 13.2 Å². The number of anilines is 2. The number of rotatable bonds is 2. The lowest BCUT2D eigenvalue weighted by Crippen LogP contribution is -2.15. The summed E-state index contributed by atoms with van der Waals surface area (Å²) in [5.41, 5.74) is 4.39. The zero-order chi connectivity index (χ0) is 15.6. The van der Waals surface area contributed by atoms with E-state index < -0.39 is 17.6 Å². The molecule has 0 saturated carbocycles. The molecule has 2 rings (SSSR count). The first-order valence-electron chi connectivity index (χ1n) is 5.53. The summed E-state index contributed by atoms with van der Waals surface area (Å²) in [4.78, 5) is 19.3. The molecule has 110 valence electrons. The van der Waals surface area contributed by atoms with E-state index in [4.69, 9.17) is 5.73 Å². The number of nitrogens with one attached hydrogen (secondary N) is 1. The van der Waals surface area contributed by atoms with Gasteiger partial charge in [-0.05, 0) is 18.2 Å². The Kier molecular flexibility index (Phi) is 4.12. The summed E-state index contributed by atoms with van der Waals surface area (Å²) in [7, 11) is 0. The van der Waals surface area contributed by atoms with Gasteiger partial charge < -0.3 is 11.1 Å². The third-order valence-electron chi connectivity index (χ3n) is 2.42. The first-order chi connectivity index (χ1) is 9.77. The fourth-order valence-electron chi connectivity index (χ4n) is 1.51. The maximum atomic E-state index is 12.8. The molecule has 1 aromatic carbocycles. The molecule has 0 bridgehead atoms. The minimum Gasteiger partial charge on any atom is -0.382 e. The summed E-state index contributed by atoms with van der Waals surface area (Å²) < 4.78 is 38.2. The quantitative estimate of drug-likeness (QED) is 0.862. The number of alkyl halides is 3. The van der Waals surface area contributed by atoms with Gasteiger partial charge >= 0.3 is 6.18 Å². The van der Waals surface area contributed by atoms with Crippen molar-refractivity contribution < 1.29 is 18.0 Å². The third-order valence-corrected chi connectivity index (χ3v) is 3.11. The van der Waals surface area contributed by atoms with Crippen molar-refractivity contribution in [2.75, 3.05) is 11.1 Å². The van der Waals surface area contributed by atoms with E-state index in [1.807, 2.05) is 0 Å². The van der Waals surface area contributed by atoms with Crippen LogP contribution < -0.4 is 11.1 Å². The lowest BCUT2D eigenvalue weighted by Gasteiger charge is -2.11. The Hall–Kier alpha value is -2.16. The van der Waals surface area contributed by atoms with Crippen LogP contribution in [0.4, 0.5) is 24.7 Å². The molecule has 2 aromatic rings. The average Bonchev–Trinajstić information content (AvgIpc) is 2.39. The minimum atomic E-state index is -4.53. The van der Waals surface area contributed by atoms with Crippen molar-refractivity contribution in [3.8, 4) is 0 Å². The van der Waals surface area contributed by atoms with Crippen LogP contribution in [0.25, 0.3) is 0 Å². The number of nitrogens with two attached hydrogens (primary N) is 1. The van der Waals surface area contributed by atoms with Gasteiger partial charge in [-0.15, -0.1) is 0 Å². The minimum absolute atomic E-state index is 0.0141. The summed E-state index contributed by atoms with van der Waals surface area (Å²) in [6.07, 6.45) is -2.12. The fourth-order valence-corrected chi connectivity index (χ4v) is 1.98. The van der Waals surface area contributed by atoms with E-state index in [2.05, 4.69) is 31.2 Å². The highest BCUT2D eigenvalue weighted by atomic mass is 79.9. The van der Waals surface area contributed by atoms with Gasteiger partial charge in [-0.1, -0.05) is 15.9 Å². The van der Waals surface area contributed by atoms with E-state index in [1.54, 1.807) is 0 Å². The van der Waals surface area contributed by atoms with Crippen molar-refractivity contribution in [3.05, 3.63) is 46.3 Å². The lowest BCUT2D eigenvalue weighted by molar-refractivity contribution is -0.138. The highest BCUT2D eigenvalue weighted by Crippen LogP contribution is 2.36. The Balaban J connectivity index is 2.26.